The van der Waals surface area contributed by atoms with Crippen LogP contribution in [0.4, 0.5) is 9.93 Å². The molecule has 6 nitrogen and oxygen atoms in total. The largest absolute Gasteiger partial charge is 0.481 e. The molecular weight excluding hydrogens is 242 g/mol. The van der Waals surface area contributed by atoms with Crippen LogP contribution in [0.3, 0.4) is 0 Å². The third kappa shape index (κ3) is 5.30. The highest BCUT2D eigenvalue weighted by molar-refractivity contribution is 7.13. The van der Waals surface area contributed by atoms with Crippen LogP contribution in [0.5, 0.6) is 0 Å². The number of carbonyl (C=O) groups is 2. The average molecular weight is 257 g/mol. The van der Waals surface area contributed by atoms with Gasteiger partial charge in [0.1, 0.15) is 0 Å². The monoisotopic (exact) mass is 257 g/mol. The minimum atomic E-state index is -0.875. The lowest BCUT2D eigenvalue weighted by molar-refractivity contribution is -0.137. The molecule has 3 N–H and O–H groups in total. The van der Waals surface area contributed by atoms with Crippen molar-refractivity contribution < 1.29 is 14.7 Å². The molecule has 0 aliphatic rings. The summed E-state index contributed by atoms with van der Waals surface area (Å²) < 4.78 is 0. The number of carbonyl (C=O) groups excluding carboxylic acids is 1. The number of nitrogens with one attached hydrogen (secondary N) is 2. The number of thiazole rings is 1. The second-order valence-corrected chi connectivity index (χ2v) is 5.09. The number of aliphatic carboxylic acids is 1. The molecule has 0 aromatic carbocycles. The first-order chi connectivity index (χ1) is 7.89. The summed E-state index contributed by atoms with van der Waals surface area (Å²) >= 11 is 1.32. The van der Waals surface area contributed by atoms with Crippen molar-refractivity contribution in [2.45, 2.75) is 32.2 Å². The lowest BCUT2D eigenvalue weighted by Crippen LogP contribution is -2.45. The van der Waals surface area contributed by atoms with Crippen molar-refractivity contribution in [2.24, 2.45) is 0 Å². The molecule has 0 saturated carbocycles. The summed E-state index contributed by atoms with van der Waals surface area (Å²) in [6, 6.07) is -0.379. The Morgan fingerprint density at radius 1 is 1.53 bits per heavy atom. The molecule has 1 rings (SSSR count). The molecule has 0 spiro atoms. The zero-order chi connectivity index (χ0) is 12.9. The Labute approximate surface area is 103 Å². The van der Waals surface area contributed by atoms with E-state index in [-0.39, 0.29) is 12.5 Å². The number of carboxylic acid groups (broad SMARTS) is 1. The molecule has 1 aromatic rings. The van der Waals surface area contributed by atoms with Crippen LogP contribution in [0.25, 0.3) is 0 Å². The molecule has 2 amide bonds. The maximum Gasteiger partial charge on any atom is 0.321 e. The molecule has 0 unspecified atom stereocenters. The van der Waals surface area contributed by atoms with Crippen LogP contribution >= 0.6 is 11.3 Å². The Morgan fingerprint density at radius 2 is 2.24 bits per heavy atom. The van der Waals surface area contributed by atoms with Gasteiger partial charge in [-0.2, -0.15) is 0 Å². The zero-order valence-electron chi connectivity index (χ0n) is 9.69. The smallest absolute Gasteiger partial charge is 0.321 e. The topological polar surface area (TPSA) is 91.3 Å². The molecule has 94 valence electrons. The van der Waals surface area contributed by atoms with Gasteiger partial charge in [0, 0.05) is 23.5 Å². The van der Waals surface area contributed by atoms with Gasteiger partial charge >= 0.3 is 12.0 Å². The molecule has 17 heavy (non-hydrogen) atoms. The predicted molar refractivity (Wildman–Crippen MR) is 65.2 cm³/mol. The predicted octanol–water partition coefficient (Wildman–Crippen LogP) is 1.91. The van der Waals surface area contributed by atoms with Gasteiger partial charge in [-0.15, -0.1) is 11.3 Å². The minimum Gasteiger partial charge on any atom is -0.481 e. The van der Waals surface area contributed by atoms with Gasteiger partial charge in [-0.1, -0.05) is 0 Å². The highest BCUT2D eigenvalue weighted by Crippen LogP contribution is 2.13. The Morgan fingerprint density at radius 3 is 2.76 bits per heavy atom. The summed E-state index contributed by atoms with van der Waals surface area (Å²) in [5.41, 5.74) is -0.570. The Bertz CT molecular complexity index is 390. The summed E-state index contributed by atoms with van der Waals surface area (Å²) in [4.78, 5) is 25.9. The third-order valence-corrected chi connectivity index (χ3v) is 2.76. The third-order valence-electron chi connectivity index (χ3n) is 2.07. The fraction of sp³-hybridized carbons (Fsp3) is 0.500. The first-order valence-electron chi connectivity index (χ1n) is 5.09. The summed E-state index contributed by atoms with van der Waals surface area (Å²) in [6.07, 6.45) is 1.98. The summed E-state index contributed by atoms with van der Waals surface area (Å²) in [5.74, 6) is -0.875. The van der Waals surface area contributed by atoms with Crippen molar-refractivity contribution in [2.75, 3.05) is 5.32 Å². The SMILES string of the molecule is CC(C)(CCC(=O)O)NC(=O)Nc1nccs1. The number of aromatic nitrogens is 1. The van der Waals surface area contributed by atoms with Gasteiger partial charge < -0.3 is 10.4 Å². The molecule has 1 aromatic heterocycles. The van der Waals surface area contributed by atoms with Crippen molar-refractivity contribution in [3.63, 3.8) is 0 Å². The van der Waals surface area contributed by atoms with Crippen LogP contribution in [0.2, 0.25) is 0 Å². The first-order valence-corrected chi connectivity index (χ1v) is 5.97. The van der Waals surface area contributed by atoms with E-state index in [1.54, 1.807) is 25.4 Å². The van der Waals surface area contributed by atoms with E-state index in [2.05, 4.69) is 15.6 Å². The number of rotatable bonds is 5. The molecule has 0 radical (unpaired) electrons. The van der Waals surface area contributed by atoms with Gasteiger partial charge in [-0.3, -0.25) is 10.1 Å². The van der Waals surface area contributed by atoms with Crippen LogP contribution in [-0.2, 0) is 4.79 Å². The highest BCUT2D eigenvalue weighted by atomic mass is 32.1. The second kappa shape index (κ2) is 5.62. The van der Waals surface area contributed by atoms with Crippen molar-refractivity contribution in [1.29, 1.82) is 0 Å². The van der Waals surface area contributed by atoms with Crippen LogP contribution in [0, 0.1) is 0 Å². The standard InChI is InChI=1S/C10H15N3O3S/c1-10(2,4-3-7(14)15)13-8(16)12-9-11-5-6-17-9/h5-6H,3-4H2,1-2H3,(H,14,15)(H2,11,12,13,16). The molecule has 0 aliphatic heterocycles. The van der Waals surface area contributed by atoms with Crippen molar-refractivity contribution in [3.05, 3.63) is 11.6 Å². The average Bonchev–Trinajstić information content (AvgIpc) is 2.66. The van der Waals surface area contributed by atoms with E-state index in [4.69, 9.17) is 5.11 Å². The van der Waals surface area contributed by atoms with Crippen molar-refractivity contribution in [3.8, 4) is 0 Å². The van der Waals surface area contributed by atoms with Crippen LogP contribution in [-0.4, -0.2) is 27.6 Å². The van der Waals surface area contributed by atoms with Gasteiger partial charge in [0.15, 0.2) is 5.13 Å². The quantitative estimate of drug-likeness (QED) is 0.751. The Balaban J connectivity index is 2.41. The van der Waals surface area contributed by atoms with Crippen molar-refractivity contribution >= 4 is 28.5 Å². The van der Waals surface area contributed by atoms with E-state index >= 15 is 0 Å². The molecule has 0 fully saturated rings. The van der Waals surface area contributed by atoms with Gasteiger partial charge in [0.2, 0.25) is 0 Å². The summed E-state index contributed by atoms with van der Waals surface area (Å²) in [5, 5.41) is 16.1. The first kappa shape index (κ1) is 13.4. The van der Waals surface area contributed by atoms with Gasteiger partial charge in [-0.05, 0) is 20.3 Å². The fourth-order valence-corrected chi connectivity index (χ4v) is 1.73. The van der Waals surface area contributed by atoms with Gasteiger partial charge in [-0.25, -0.2) is 9.78 Å². The van der Waals surface area contributed by atoms with Crippen LogP contribution in [0.1, 0.15) is 26.7 Å². The maximum absolute atomic E-state index is 11.6. The Kier molecular flexibility index (Phi) is 4.45. The fourth-order valence-electron chi connectivity index (χ4n) is 1.20. The summed E-state index contributed by atoms with van der Waals surface area (Å²) in [7, 11) is 0. The van der Waals surface area contributed by atoms with E-state index in [9.17, 15) is 9.59 Å². The second-order valence-electron chi connectivity index (χ2n) is 4.19. The lowest BCUT2D eigenvalue weighted by Gasteiger charge is -2.25. The molecule has 1 heterocycles. The van der Waals surface area contributed by atoms with Crippen molar-refractivity contribution in [1.82, 2.24) is 10.3 Å². The van der Waals surface area contributed by atoms with Crippen LogP contribution in [0.15, 0.2) is 11.6 Å². The maximum atomic E-state index is 11.6. The van der Waals surface area contributed by atoms with Crippen LogP contribution < -0.4 is 10.6 Å². The zero-order valence-corrected chi connectivity index (χ0v) is 10.5. The number of hydrogen-bond donors (Lipinski definition) is 3. The van der Waals surface area contributed by atoms with Gasteiger partial charge in [0.05, 0.1) is 0 Å². The highest BCUT2D eigenvalue weighted by Gasteiger charge is 2.21. The molecule has 0 aliphatic carbocycles. The van der Waals surface area contributed by atoms with Gasteiger partial charge in [0.25, 0.3) is 0 Å². The van der Waals surface area contributed by atoms with E-state index in [0.29, 0.717) is 11.6 Å². The number of amides is 2. The minimum absolute atomic E-state index is 0.0184. The summed E-state index contributed by atoms with van der Waals surface area (Å²) in [6.45, 7) is 3.55. The Hall–Kier alpha value is -1.63. The molecular formula is C10H15N3O3S. The van der Waals surface area contributed by atoms with E-state index in [0.717, 1.165) is 0 Å². The van der Waals surface area contributed by atoms with E-state index in [1.165, 1.54) is 11.3 Å². The molecule has 0 atom stereocenters. The number of nitrogens with zero attached hydrogens (tertiary/aromatic N) is 1. The normalized spacial score (nSPS) is 10.9. The number of carboxylic acids is 1. The van der Waals surface area contributed by atoms with E-state index in [1.807, 2.05) is 0 Å². The molecule has 0 bridgehead atoms. The van der Waals surface area contributed by atoms with E-state index < -0.39 is 11.5 Å². The number of hydrogen-bond acceptors (Lipinski definition) is 4. The number of urea groups is 1. The molecule has 7 heteroatoms. The lowest BCUT2D eigenvalue weighted by atomic mass is 9.99. The number of anilines is 1. The molecule has 0 saturated heterocycles.